The molecule has 1 aromatic carbocycles. The molecule has 0 aliphatic rings. The van der Waals surface area contributed by atoms with Gasteiger partial charge in [0, 0.05) is 12.6 Å². The van der Waals surface area contributed by atoms with Crippen molar-refractivity contribution < 1.29 is 9.59 Å². The summed E-state index contributed by atoms with van der Waals surface area (Å²) in [6.07, 6.45) is 2.19. The Hall–Kier alpha value is -3.00. The Morgan fingerprint density at radius 1 is 1.25 bits per heavy atom. The van der Waals surface area contributed by atoms with Gasteiger partial charge in [-0.1, -0.05) is 29.8 Å². The van der Waals surface area contributed by atoms with Crippen molar-refractivity contribution in [3.63, 3.8) is 0 Å². The molecule has 1 amide bonds. The lowest BCUT2D eigenvalue weighted by Crippen LogP contribution is -2.29. The van der Waals surface area contributed by atoms with Crippen molar-refractivity contribution in [2.75, 3.05) is 5.32 Å². The van der Waals surface area contributed by atoms with Crippen LogP contribution in [0.5, 0.6) is 0 Å². The minimum Gasteiger partial charge on any atom is -0.309 e. The summed E-state index contributed by atoms with van der Waals surface area (Å²) in [6, 6.07) is 12.8. The minimum atomic E-state index is -1.32. The number of hydrogen-bond acceptors (Lipinski definition) is 4. The summed E-state index contributed by atoms with van der Waals surface area (Å²) in [5, 5.41) is 11.7. The van der Waals surface area contributed by atoms with Gasteiger partial charge in [-0.2, -0.15) is 5.26 Å². The first-order valence-electron chi connectivity index (χ1n) is 7.71. The van der Waals surface area contributed by atoms with E-state index in [1.54, 1.807) is 24.3 Å². The molecule has 2 rings (SSSR count). The summed E-state index contributed by atoms with van der Waals surface area (Å²) in [5.74, 6) is -2.02. The number of hydrogen-bond donors (Lipinski definition) is 1. The van der Waals surface area contributed by atoms with Crippen LogP contribution in [0.1, 0.15) is 23.1 Å². The van der Waals surface area contributed by atoms with E-state index in [1.807, 2.05) is 26.0 Å². The number of aryl methyl sites for hydroxylation is 3. The Morgan fingerprint density at radius 3 is 2.67 bits per heavy atom. The molecule has 5 nitrogen and oxygen atoms in total. The molecule has 1 heterocycles. The maximum atomic E-state index is 12.3. The summed E-state index contributed by atoms with van der Waals surface area (Å²) in [6.45, 7) is 4.00. The average Bonchev–Trinajstić information content (AvgIpc) is 2.55. The van der Waals surface area contributed by atoms with Gasteiger partial charge in [-0.05, 0) is 43.5 Å². The van der Waals surface area contributed by atoms with Crippen LogP contribution in [0.3, 0.4) is 0 Å². The van der Waals surface area contributed by atoms with Crippen molar-refractivity contribution in [1.82, 2.24) is 4.98 Å². The van der Waals surface area contributed by atoms with Gasteiger partial charge in [0.05, 0.1) is 6.07 Å². The van der Waals surface area contributed by atoms with Crippen molar-refractivity contribution in [2.24, 2.45) is 5.92 Å². The second-order valence-electron chi connectivity index (χ2n) is 5.66. The Kier molecular flexibility index (Phi) is 5.80. The number of ketones is 1. The van der Waals surface area contributed by atoms with Gasteiger partial charge in [0.15, 0.2) is 11.7 Å². The first-order chi connectivity index (χ1) is 11.5. The fraction of sp³-hybridized carbons (Fsp3) is 0.263. The van der Waals surface area contributed by atoms with Crippen LogP contribution in [-0.4, -0.2) is 16.7 Å². The predicted molar refractivity (Wildman–Crippen MR) is 91.2 cm³/mol. The molecule has 5 heteroatoms. The Bertz CT molecular complexity index is 779. The quantitative estimate of drug-likeness (QED) is 0.829. The number of benzene rings is 1. The first kappa shape index (κ1) is 17.4. The Morgan fingerprint density at radius 2 is 2.04 bits per heavy atom. The third-order valence-electron chi connectivity index (χ3n) is 3.77. The van der Waals surface area contributed by atoms with Crippen LogP contribution < -0.4 is 5.32 Å². The lowest BCUT2D eigenvalue weighted by molar-refractivity contribution is -0.128. The van der Waals surface area contributed by atoms with Gasteiger partial charge < -0.3 is 5.32 Å². The highest BCUT2D eigenvalue weighted by Gasteiger charge is 2.26. The second kappa shape index (κ2) is 8.02. The number of carbonyl (C=O) groups excluding carboxylic acids is 2. The maximum absolute atomic E-state index is 12.3. The first-order valence-corrected chi connectivity index (χ1v) is 7.71. The van der Waals surface area contributed by atoms with Crippen molar-refractivity contribution in [1.29, 1.82) is 5.26 Å². The molecular formula is C19H19N3O2. The topological polar surface area (TPSA) is 82.8 Å². The highest BCUT2D eigenvalue weighted by Crippen LogP contribution is 2.15. The number of aromatic nitrogens is 1. The van der Waals surface area contributed by atoms with Gasteiger partial charge in [-0.25, -0.2) is 4.98 Å². The summed E-state index contributed by atoms with van der Waals surface area (Å²) < 4.78 is 0. The number of carbonyl (C=O) groups is 2. The van der Waals surface area contributed by atoms with E-state index in [0.29, 0.717) is 12.2 Å². The van der Waals surface area contributed by atoms with Gasteiger partial charge in [0.1, 0.15) is 5.82 Å². The zero-order valence-corrected chi connectivity index (χ0v) is 13.7. The fourth-order valence-corrected chi connectivity index (χ4v) is 2.44. The van der Waals surface area contributed by atoms with Crippen LogP contribution in [0.4, 0.5) is 5.82 Å². The Balaban J connectivity index is 1.98. The monoisotopic (exact) mass is 321 g/mol. The van der Waals surface area contributed by atoms with Crippen molar-refractivity contribution in [3.05, 3.63) is 59.3 Å². The molecule has 0 radical (unpaired) electrons. The zero-order valence-electron chi connectivity index (χ0n) is 13.7. The van der Waals surface area contributed by atoms with E-state index < -0.39 is 11.8 Å². The third kappa shape index (κ3) is 4.50. The molecular weight excluding hydrogens is 302 g/mol. The summed E-state index contributed by atoms with van der Waals surface area (Å²) >= 11 is 0. The highest BCUT2D eigenvalue weighted by molar-refractivity contribution is 6.09. The van der Waals surface area contributed by atoms with Gasteiger partial charge in [0.25, 0.3) is 5.91 Å². The third-order valence-corrected chi connectivity index (χ3v) is 3.77. The van der Waals surface area contributed by atoms with Crippen molar-refractivity contribution >= 4 is 17.5 Å². The molecule has 0 fully saturated rings. The van der Waals surface area contributed by atoms with Gasteiger partial charge in [-0.15, -0.1) is 0 Å². The summed E-state index contributed by atoms with van der Waals surface area (Å²) in [7, 11) is 0. The molecule has 1 atom stereocenters. The fourth-order valence-electron chi connectivity index (χ4n) is 2.44. The van der Waals surface area contributed by atoms with E-state index >= 15 is 0 Å². The number of amides is 1. The van der Waals surface area contributed by atoms with Crippen LogP contribution in [0, 0.1) is 31.1 Å². The molecule has 2 aromatic rings. The molecule has 0 unspecified atom stereocenters. The van der Waals surface area contributed by atoms with Crippen LogP contribution in [0.25, 0.3) is 0 Å². The van der Waals surface area contributed by atoms with E-state index in [-0.39, 0.29) is 12.2 Å². The second-order valence-corrected chi connectivity index (χ2v) is 5.66. The van der Waals surface area contributed by atoms with Crippen molar-refractivity contribution in [3.8, 4) is 6.07 Å². The summed E-state index contributed by atoms with van der Waals surface area (Å²) in [4.78, 5) is 28.3. The average molecular weight is 321 g/mol. The molecule has 1 N–H and O–H groups in total. The molecule has 0 bridgehead atoms. The Labute approximate surface area is 141 Å². The highest BCUT2D eigenvalue weighted by atomic mass is 16.2. The maximum Gasteiger partial charge on any atom is 0.250 e. The molecule has 122 valence electrons. The van der Waals surface area contributed by atoms with E-state index in [4.69, 9.17) is 0 Å². The minimum absolute atomic E-state index is 0.151. The van der Waals surface area contributed by atoms with E-state index in [2.05, 4.69) is 16.4 Å². The van der Waals surface area contributed by atoms with Gasteiger partial charge in [-0.3, -0.25) is 9.59 Å². The molecule has 24 heavy (non-hydrogen) atoms. The number of pyridine rings is 1. The lowest BCUT2D eigenvalue weighted by atomic mass is 9.96. The standard InChI is InChI=1S/C19H19N3O2/c1-13-6-7-15(14(2)11-13)8-9-17(23)16(12-20)19(24)22-18-5-3-4-10-21-18/h3-7,10-11,16H,8-9H2,1-2H3,(H,21,22,24)/t16-/m1/s1. The molecule has 0 saturated heterocycles. The molecule has 0 spiro atoms. The van der Waals surface area contributed by atoms with E-state index in [0.717, 1.165) is 16.7 Å². The normalized spacial score (nSPS) is 11.4. The number of nitrogens with one attached hydrogen (secondary N) is 1. The SMILES string of the molecule is Cc1ccc(CCC(=O)[C@@H](C#N)C(=O)Nc2ccccn2)c(C)c1. The number of nitrogens with zero attached hydrogens (tertiary/aromatic N) is 2. The van der Waals surface area contributed by atoms with Crippen LogP contribution in [-0.2, 0) is 16.0 Å². The van der Waals surface area contributed by atoms with Gasteiger partial charge in [0.2, 0.25) is 0 Å². The number of Topliss-reactive ketones (excluding diaryl/α,β-unsaturated/α-hetero) is 1. The smallest absolute Gasteiger partial charge is 0.250 e. The van der Waals surface area contributed by atoms with E-state index in [9.17, 15) is 14.9 Å². The van der Waals surface area contributed by atoms with Crippen molar-refractivity contribution in [2.45, 2.75) is 26.7 Å². The summed E-state index contributed by atoms with van der Waals surface area (Å²) in [5.41, 5.74) is 3.32. The predicted octanol–water partition coefficient (Wildman–Crippen LogP) is 2.98. The molecule has 1 aromatic heterocycles. The largest absolute Gasteiger partial charge is 0.309 e. The van der Waals surface area contributed by atoms with Crippen LogP contribution in [0.15, 0.2) is 42.6 Å². The van der Waals surface area contributed by atoms with Crippen LogP contribution in [0.2, 0.25) is 0 Å². The number of anilines is 1. The number of nitriles is 1. The van der Waals surface area contributed by atoms with Crippen LogP contribution >= 0.6 is 0 Å². The molecule has 0 aliphatic carbocycles. The number of rotatable bonds is 6. The van der Waals surface area contributed by atoms with E-state index in [1.165, 1.54) is 6.20 Å². The lowest BCUT2D eigenvalue weighted by Gasteiger charge is -2.10. The van der Waals surface area contributed by atoms with Gasteiger partial charge >= 0.3 is 0 Å². The molecule has 0 aliphatic heterocycles. The zero-order chi connectivity index (χ0) is 17.5. The molecule has 0 saturated carbocycles.